The number of amides is 2. The van der Waals surface area contributed by atoms with Crippen LogP contribution < -0.4 is 20.1 Å². The van der Waals surface area contributed by atoms with Crippen molar-refractivity contribution < 1.29 is 29.0 Å². The van der Waals surface area contributed by atoms with Gasteiger partial charge in [0.2, 0.25) is 11.8 Å². The molecule has 1 aromatic carbocycles. The van der Waals surface area contributed by atoms with Gasteiger partial charge in [0, 0.05) is 17.2 Å². The highest BCUT2D eigenvalue weighted by Gasteiger charge is 2.64. The van der Waals surface area contributed by atoms with Crippen LogP contribution in [0.1, 0.15) is 24.1 Å². The van der Waals surface area contributed by atoms with Crippen molar-refractivity contribution in [2.75, 3.05) is 14.2 Å². The summed E-state index contributed by atoms with van der Waals surface area (Å²) < 4.78 is 10.8. The van der Waals surface area contributed by atoms with Gasteiger partial charge in [-0.05, 0) is 19.9 Å². The minimum Gasteiger partial charge on any atom is -0.496 e. The van der Waals surface area contributed by atoms with E-state index < -0.39 is 41.2 Å². The van der Waals surface area contributed by atoms with Crippen LogP contribution in [0, 0.1) is 18.8 Å². The number of fused-ring (bicyclic) bond motifs is 1. The van der Waals surface area contributed by atoms with Crippen molar-refractivity contribution in [1.29, 1.82) is 0 Å². The fraction of sp³-hybridized carbons (Fsp3) is 0.471. The van der Waals surface area contributed by atoms with Gasteiger partial charge in [-0.25, -0.2) is 0 Å². The van der Waals surface area contributed by atoms with Crippen molar-refractivity contribution in [3.63, 3.8) is 0 Å². The van der Waals surface area contributed by atoms with Gasteiger partial charge in [0.1, 0.15) is 17.0 Å². The number of imide groups is 1. The average molecular weight is 348 g/mol. The Hall–Kier alpha value is -2.61. The summed E-state index contributed by atoms with van der Waals surface area (Å²) in [4.78, 5) is 36.3. The lowest BCUT2D eigenvalue weighted by molar-refractivity contribution is -0.148. The van der Waals surface area contributed by atoms with E-state index in [9.17, 15) is 19.5 Å². The van der Waals surface area contributed by atoms with Crippen LogP contribution in [0.3, 0.4) is 0 Å². The topological polar surface area (TPSA) is 114 Å². The van der Waals surface area contributed by atoms with Crippen molar-refractivity contribution in [3.05, 3.63) is 23.3 Å². The van der Waals surface area contributed by atoms with Gasteiger partial charge in [-0.15, -0.1) is 0 Å². The number of carbonyl (C=O) groups is 3. The van der Waals surface area contributed by atoms with Crippen LogP contribution in [0.25, 0.3) is 0 Å². The minimum absolute atomic E-state index is 0.479. The Labute approximate surface area is 144 Å². The molecule has 2 aliphatic rings. The van der Waals surface area contributed by atoms with Gasteiger partial charge in [0.05, 0.1) is 26.1 Å². The van der Waals surface area contributed by atoms with E-state index in [1.165, 1.54) is 21.1 Å². The number of carboxylic acids is 1. The summed E-state index contributed by atoms with van der Waals surface area (Å²) in [7, 11) is 3.03. The van der Waals surface area contributed by atoms with E-state index in [1.54, 1.807) is 12.1 Å². The van der Waals surface area contributed by atoms with Crippen LogP contribution in [-0.4, -0.2) is 42.6 Å². The van der Waals surface area contributed by atoms with Gasteiger partial charge in [-0.2, -0.15) is 0 Å². The Kier molecular flexibility index (Phi) is 3.95. The smallest absolute Gasteiger partial charge is 0.324 e. The molecule has 4 unspecified atom stereocenters. The number of carboxylic acid groups (broad SMARTS) is 1. The summed E-state index contributed by atoms with van der Waals surface area (Å²) >= 11 is 0. The fourth-order valence-electron chi connectivity index (χ4n) is 3.96. The molecule has 2 saturated heterocycles. The monoisotopic (exact) mass is 348 g/mol. The molecule has 4 atom stereocenters. The Morgan fingerprint density at radius 1 is 1.20 bits per heavy atom. The largest absolute Gasteiger partial charge is 0.496 e. The molecule has 2 amide bonds. The number of rotatable bonds is 4. The molecule has 8 heteroatoms. The lowest BCUT2D eigenvalue weighted by Crippen LogP contribution is -2.52. The second-order valence-electron chi connectivity index (χ2n) is 6.50. The van der Waals surface area contributed by atoms with Gasteiger partial charge < -0.3 is 14.6 Å². The minimum atomic E-state index is -1.55. The lowest BCUT2D eigenvalue weighted by Gasteiger charge is -2.25. The van der Waals surface area contributed by atoms with E-state index in [0.29, 0.717) is 17.1 Å². The van der Waals surface area contributed by atoms with Crippen molar-refractivity contribution in [2.24, 2.45) is 11.8 Å². The molecule has 0 spiro atoms. The summed E-state index contributed by atoms with van der Waals surface area (Å²) in [6.45, 7) is 3.23. The van der Waals surface area contributed by atoms with Crippen LogP contribution in [0.5, 0.6) is 11.5 Å². The van der Waals surface area contributed by atoms with Crippen LogP contribution in [-0.2, 0) is 14.4 Å². The molecular formula is C17H20N2O6. The normalized spacial score (nSPS) is 30.8. The zero-order chi connectivity index (χ0) is 18.5. The van der Waals surface area contributed by atoms with E-state index in [2.05, 4.69) is 10.6 Å². The number of aliphatic carboxylic acids is 1. The predicted octanol–water partition coefficient (Wildman–Crippen LogP) is 0.389. The maximum atomic E-state index is 12.3. The third-order valence-electron chi connectivity index (χ3n) is 5.22. The molecule has 0 aliphatic carbocycles. The molecule has 2 heterocycles. The van der Waals surface area contributed by atoms with Gasteiger partial charge in [-0.1, -0.05) is 6.07 Å². The molecule has 3 rings (SSSR count). The Morgan fingerprint density at radius 2 is 1.88 bits per heavy atom. The first-order valence-electron chi connectivity index (χ1n) is 7.83. The fourth-order valence-corrected chi connectivity index (χ4v) is 3.96. The number of ether oxygens (including phenoxy) is 2. The highest BCUT2D eigenvalue weighted by atomic mass is 16.5. The number of hydrogen-bond donors (Lipinski definition) is 3. The summed E-state index contributed by atoms with van der Waals surface area (Å²) in [6, 6.07) is 2.79. The second kappa shape index (κ2) is 5.73. The van der Waals surface area contributed by atoms with Crippen molar-refractivity contribution in [1.82, 2.24) is 10.6 Å². The first-order valence-corrected chi connectivity index (χ1v) is 7.83. The number of methoxy groups -OCH3 is 2. The van der Waals surface area contributed by atoms with Crippen molar-refractivity contribution in [2.45, 2.75) is 25.4 Å². The van der Waals surface area contributed by atoms with Crippen molar-refractivity contribution >= 4 is 17.8 Å². The van der Waals surface area contributed by atoms with Crippen LogP contribution in [0.15, 0.2) is 12.1 Å². The van der Waals surface area contributed by atoms with Gasteiger partial charge in [0.15, 0.2) is 0 Å². The van der Waals surface area contributed by atoms with E-state index in [0.717, 1.165) is 5.56 Å². The van der Waals surface area contributed by atoms with Gasteiger partial charge >= 0.3 is 5.97 Å². The van der Waals surface area contributed by atoms with Crippen LogP contribution >= 0.6 is 0 Å². The molecule has 0 aromatic heterocycles. The maximum absolute atomic E-state index is 12.3. The second-order valence-corrected chi connectivity index (χ2v) is 6.50. The van der Waals surface area contributed by atoms with E-state index >= 15 is 0 Å². The molecule has 2 aliphatic heterocycles. The first-order chi connectivity index (χ1) is 11.8. The molecule has 25 heavy (non-hydrogen) atoms. The molecule has 0 radical (unpaired) electrons. The number of benzene rings is 1. The van der Waals surface area contributed by atoms with Crippen LogP contribution in [0.2, 0.25) is 0 Å². The Morgan fingerprint density at radius 3 is 2.44 bits per heavy atom. The Balaban J connectivity index is 2.15. The average Bonchev–Trinajstić information content (AvgIpc) is 3.04. The van der Waals surface area contributed by atoms with E-state index in [-0.39, 0.29) is 0 Å². The molecule has 1 aromatic rings. The molecule has 3 N–H and O–H groups in total. The zero-order valence-corrected chi connectivity index (χ0v) is 14.4. The summed E-state index contributed by atoms with van der Waals surface area (Å²) in [6.07, 6.45) is 0. The van der Waals surface area contributed by atoms with Crippen LogP contribution in [0.4, 0.5) is 0 Å². The standard InChI is InChI=1S/C17H20N2O6/c1-7-9(24-3)6-5-8(13(7)25-4)12-10-11(15(21)18-14(10)20)17(2,19-12)16(22)23/h5-6,10-12,19H,1-4H3,(H,22,23)(H,18,20,21). The Bertz CT molecular complexity index is 777. The number of hydrogen-bond acceptors (Lipinski definition) is 6. The maximum Gasteiger partial charge on any atom is 0.324 e. The van der Waals surface area contributed by atoms with E-state index in [1.807, 2.05) is 6.92 Å². The van der Waals surface area contributed by atoms with Gasteiger partial charge in [0.25, 0.3) is 0 Å². The van der Waals surface area contributed by atoms with E-state index in [4.69, 9.17) is 9.47 Å². The number of nitrogens with one attached hydrogen (secondary N) is 2. The summed E-state index contributed by atoms with van der Waals surface area (Å²) in [5, 5.41) is 14.9. The highest BCUT2D eigenvalue weighted by molar-refractivity contribution is 6.09. The zero-order valence-electron chi connectivity index (χ0n) is 14.4. The molecule has 0 bridgehead atoms. The first kappa shape index (κ1) is 17.2. The third kappa shape index (κ3) is 2.28. The molecule has 134 valence electrons. The van der Waals surface area contributed by atoms with Gasteiger partial charge in [-0.3, -0.25) is 25.0 Å². The quantitative estimate of drug-likeness (QED) is 0.674. The summed E-state index contributed by atoms with van der Waals surface area (Å²) in [5.74, 6) is -2.93. The summed E-state index contributed by atoms with van der Waals surface area (Å²) in [5.41, 5.74) is -0.204. The SMILES string of the molecule is COc1ccc(C2NC(C)(C(=O)O)C3C(=O)NC(=O)C23)c(OC)c1C. The molecular weight excluding hydrogens is 328 g/mol. The predicted molar refractivity (Wildman–Crippen MR) is 86.3 cm³/mol. The third-order valence-corrected chi connectivity index (χ3v) is 5.22. The van der Waals surface area contributed by atoms with Crippen molar-refractivity contribution in [3.8, 4) is 11.5 Å². The lowest BCUT2D eigenvalue weighted by atomic mass is 9.80. The number of carbonyl (C=O) groups excluding carboxylic acids is 2. The molecule has 2 fully saturated rings. The molecule has 0 saturated carbocycles. The molecule has 8 nitrogen and oxygen atoms in total. The highest BCUT2D eigenvalue weighted by Crippen LogP contribution is 2.49.